The number of rotatable bonds is 0. The van der Waals surface area contributed by atoms with Crippen molar-refractivity contribution in [2.24, 2.45) is 0 Å². The average Bonchev–Trinajstić information content (AvgIpc) is 3.44. The normalized spacial score (nSPS) is 25.2. The Morgan fingerprint density at radius 2 is 1.21 bits per heavy atom. The van der Waals surface area contributed by atoms with Crippen LogP contribution in [0.1, 0.15) is 32.1 Å². The molecule has 1 fully saturated rings. The van der Waals surface area contributed by atoms with Gasteiger partial charge in [0.15, 0.2) is 0 Å². The van der Waals surface area contributed by atoms with Crippen molar-refractivity contribution in [3.63, 3.8) is 0 Å². The maximum Gasteiger partial charge on any atom is 4.00 e. The fourth-order valence-electron chi connectivity index (χ4n) is 5.47. The molecule has 1 aliphatic carbocycles. The van der Waals surface area contributed by atoms with Gasteiger partial charge >= 0.3 is 21.1 Å². The second-order valence-corrected chi connectivity index (χ2v) is 14.2. The summed E-state index contributed by atoms with van der Waals surface area (Å²) in [4.78, 5) is 9.36. The van der Waals surface area contributed by atoms with Crippen molar-refractivity contribution in [2.45, 2.75) is 57.3 Å². The predicted molar refractivity (Wildman–Crippen MR) is 133 cm³/mol. The Morgan fingerprint density at radius 1 is 0.727 bits per heavy atom. The van der Waals surface area contributed by atoms with Crippen LogP contribution in [0, 0.1) is 25.5 Å². The van der Waals surface area contributed by atoms with Crippen LogP contribution >= 0.6 is 0 Å². The molecule has 3 heterocycles. The molecular formula is C27H30N4PtSi. The fraction of sp³-hybridized carbons (Fsp3) is 0.333. The molecule has 0 aromatic heterocycles. The van der Waals surface area contributed by atoms with Crippen molar-refractivity contribution in [1.82, 2.24) is 9.80 Å². The summed E-state index contributed by atoms with van der Waals surface area (Å²) < 4.78 is 0. The molecule has 2 unspecified atom stereocenters. The third-order valence-electron chi connectivity index (χ3n) is 7.49. The van der Waals surface area contributed by atoms with Crippen LogP contribution in [0.5, 0.6) is 0 Å². The van der Waals surface area contributed by atoms with Gasteiger partial charge in [-0.1, -0.05) is 32.4 Å². The van der Waals surface area contributed by atoms with E-state index in [1.54, 1.807) is 0 Å². The van der Waals surface area contributed by atoms with Gasteiger partial charge in [-0.15, -0.1) is 11.4 Å². The first-order valence-corrected chi connectivity index (χ1v) is 14.8. The van der Waals surface area contributed by atoms with E-state index in [4.69, 9.17) is 0 Å². The zero-order chi connectivity index (χ0) is 21.7. The minimum absolute atomic E-state index is 0. The van der Waals surface area contributed by atoms with E-state index in [9.17, 15) is 0 Å². The summed E-state index contributed by atoms with van der Waals surface area (Å²) in [6.45, 7) is 9.35. The first kappa shape index (κ1) is 22.8. The number of anilines is 2. The minimum atomic E-state index is -1.94. The molecule has 4 aliphatic rings. The van der Waals surface area contributed by atoms with Gasteiger partial charge < -0.3 is 19.6 Å². The monoisotopic (exact) mass is 633 g/mol. The summed E-state index contributed by atoms with van der Waals surface area (Å²) >= 11 is 0. The molecule has 2 aromatic rings. The molecule has 0 amide bonds. The number of nitrogens with zero attached hydrogens (tertiary/aromatic N) is 4. The molecule has 0 saturated heterocycles. The van der Waals surface area contributed by atoms with Gasteiger partial charge in [0.1, 0.15) is 0 Å². The van der Waals surface area contributed by atoms with Crippen molar-refractivity contribution in [3.05, 3.63) is 86.7 Å². The van der Waals surface area contributed by atoms with Crippen LogP contribution < -0.4 is 20.2 Å². The summed E-state index contributed by atoms with van der Waals surface area (Å²) in [6, 6.07) is 21.7. The van der Waals surface area contributed by atoms with E-state index in [0.29, 0.717) is 12.1 Å². The Balaban J connectivity index is 0.00000228. The minimum Gasteiger partial charge on any atom is -0.504 e. The largest absolute Gasteiger partial charge is 4.00 e. The number of hydrogen-bond acceptors (Lipinski definition) is 4. The first-order chi connectivity index (χ1) is 15.6. The van der Waals surface area contributed by atoms with E-state index in [-0.39, 0.29) is 21.1 Å². The Kier molecular flexibility index (Phi) is 6.22. The van der Waals surface area contributed by atoms with Crippen molar-refractivity contribution in [2.75, 3.05) is 9.80 Å². The molecule has 0 radical (unpaired) electrons. The molecule has 172 valence electrons. The predicted octanol–water partition coefficient (Wildman–Crippen LogP) is 4.25. The molecule has 0 spiro atoms. The van der Waals surface area contributed by atoms with Gasteiger partial charge in [-0.2, -0.15) is 72.2 Å². The van der Waals surface area contributed by atoms with Crippen molar-refractivity contribution in [1.29, 1.82) is 0 Å². The molecule has 8 bridgehead atoms. The van der Waals surface area contributed by atoms with Gasteiger partial charge in [-0.3, -0.25) is 0 Å². The van der Waals surface area contributed by atoms with Crippen molar-refractivity contribution >= 4 is 29.8 Å². The quantitative estimate of drug-likeness (QED) is 0.318. The van der Waals surface area contributed by atoms with Crippen LogP contribution in [0.3, 0.4) is 0 Å². The summed E-state index contributed by atoms with van der Waals surface area (Å²) in [5, 5.41) is 2.63. The van der Waals surface area contributed by atoms with E-state index < -0.39 is 8.07 Å². The third-order valence-corrected chi connectivity index (χ3v) is 10.8. The van der Waals surface area contributed by atoms with Crippen LogP contribution in [0.15, 0.2) is 61.2 Å². The van der Waals surface area contributed by atoms with E-state index in [1.807, 2.05) is 0 Å². The van der Waals surface area contributed by atoms with Gasteiger partial charge in [0, 0.05) is 12.1 Å². The standard InChI is InChI=1S/C27H30N4Si.Pt/c1-32(2)24-10-6-8-22(18-24)28-14-16-30(20-28)26-12-4-3-5-13-27(26)31-17-15-29(21-31)23-9-7-11-25(32)19-23;/h6-11,14-17,20-21,26-27H,3-5,12-13H2,1-2H3;/q-4;+4. The summed E-state index contributed by atoms with van der Waals surface area (Å²) in [5.41, 5.74) is 2.24. The fourth-order valence-corrected chi connectivity index (χ4v) is 7.67. The molecule has 33 heavy (non-hydrogen) atoms. The van der Waals surface area contributed by atoms with Gasteiger partial charge in [0.2, 0.25) is 0 Å². The van der Waals surface area contributed by atoms with Crippen molar-refractivity contribution < 1.29 is 21.1 Å². The van der Waals surface area contributed by atoms with Gasteiger partial charge in [0.05, 0.1) is 8.07 Å². The molecule has 1 saturated carbocycles. The van der Waals surface area contributed by atoms with Gasteiger partial charge in [-0.25, -0.2) is 0 Å². The third kappa shape index (κ3) is 4.08. The SMILES string of the molecule is C[Si]1(C)c2[c-]c(ccc2)N2C=CN([CH-]2)C2CCCCCC2N2C=CN([CH-]2)c2[c-]c1ccc2.[Pt+4]. The molecule has 2 atom stereocenters. The summed E-state index contributed by atoms with van der Waals surface area (Å²) in [7, 11) is -1.94. The van der Waals surface area contributed by atoms with Crippen LogP contribution in [0.25, 0.3) is 0 Å². The molecule has 4 nitrogen and oxygen atoms in total. The van der Waals surface area contributed by atoms with Gasteiger partial charge in [-0.05, 0) is 37.6 Å². The molecule has 3 aliphatic heterocycles. The Bertz CT molecular complexity index is 986. The molecule has 6 rings (SSSR count). The summed E-state index contributed by atoms with van der Waals surface area (Å²) in [5.74, 6) is 0. The first-order valence-electron chi connectivity index (χ1n) is 11.8. The van der Waals surface area contributed by atoms with Crippen LogP contribution in [-0.4, -0.2) is 30.0 Å². The van der Waals surface area contributed by atoms with Crippen LogP contribution in [0.4, 0.5) is 11.4 Å². The zero-order valence-electron chi connectivity index (χ0n) is 19.2. The number of fused-ring (bicyclic) bond motifs is 13. The second kappa shape index (κ2) is 9.00. The van der Waals surface area contributed by atoms with E-state index in [0.717, 1.165) is 11.4 Å². The zero-order valence-corrected chi connectivity index (χ0v) is 22.5. The Labute approximate surface area is 213 Å². The van der Waals surface area contributed by atoms with E-state index >= 15 is 0 Å². The van der Waals surface area contributed by atoms with Gasteiger partial charge in [0.25, 0.3) is 0 Å². The van der Waals surface area contributed by atoms with E-state index in [2.05, 4.69) is 119 Å². The topological polar surface area (TPSA) is 13.0 Å². The van der Waals surface area contributed by atoms with Crippen molar-refractivity contribution in [3.8, 4) is 0 Å². The maximum atomic E-state index is 3.77. The van der Waals surface area contributed by atoms with Crippen LogP contribution in [0.2, 0.25) is 13.1 Å². The maximum absolute atomic E-state index is 3.77. The number of hydrogen-bond donors (Lipinski definition) is 0. The van der Waals surface area contributed by atoms with E-state index in [1.165, 1.54) is 42.5 Å². The Morgan fingerprint density at radius 3 is 1.70 bits per heavy atom. The van der Waals surface area contributed by atoms with Crippen LogP contribution in [-0.2, 0) is 21.1 Å². The Hall–Kier alpha value is -1.97. The molecule has 2 aromatic carbocycles. The molecule has 6 heteroatoms. The smallest absolute Gasteiger partial charge is 0.504 e. The summed E-state index contributed by atoms with van der Waals surface area (Å²) in [6.07, 6.45) is 15.2. The number of benzene rings is 2. The average molecular weight is 634 g/mol. The second-order valence-electron chi connectivity index (χ2n) is 9.83. The molecular weight excluding hydrogens is 603 g/mol. The molecule has 0 N–H and O–H groups in total.